The molecule has 5 atom stereocenters. The van der Waals surface area contributed by atoms with E-state index in [0.717, 1.165) is 5.39 Å². The number of hydrogen-bond donors (Lipinski definition) is 3. The van der Waals surface area contributed by atoms with Crippen molar-refractivity contribution in [2.24, 2.45) is 23.2 Å². The van der Waals surface area contributed by atoms with Gasteiger partial charge in [0, 0.05) is 24.4 Å². The van der Waals surface area contributed by atoms with E-state index in [1.807, 2.05) is 6.07 Å². The Morgan fingerprint density at radius 1 is 1.33 bits per heavy atom. The van der Waals surface area contributed by atoms with Gasteiger partial charge in [-0.25, -0.2) is 4.79 Å². The first kappa shape index (κ1) is 23.9. The van der Waals surface area contributed by atoms with Gasteiger partial charge in [-0.15, -0.1) is 0 Å². The highest BCUT2D eigenvalue weighted by atomic mass is 16.5. The number of nitrogens with one attached hydrogen (secondary N) is 3. The fourth-order valence-electron chi connectivity index (χ4n) is 6.08. The molecule has 1 saturated carbocycles. The molecule has 5 rings (SSSR count). The Morgan fingerprint density at radius 3 is 2.78 bits per heavy atom. The molecule has 36 heavy (non-hydrogen) atoms. The van der Waals surface area contributed by atoms with Crippen LogP contribution < -0.4 is 10.6 Å². The first-order valence-electron chi connectivity index (χ1n) is 12.2. The summed E-state index contributed by atoms with van der Waals surface area (Å²) in [7, 11) is 1.24. The summed E-state index contributed by atoms with van der Waals surface area (Å²) in [6.07, 6.45) is 0.723. The van der Waals surface area contributed by atoms with Gasteiger partial charge in [-0.3, -0.25) is 14.4 Å². The molecule has 0 unspecified atom stereocenters. The maximum absolute atomic E-state index is 13.6. The second kappa shape index (κ2) is 8.66. The zero-order valence-corrected chi connectivity index (χ0v) is 20.5. The summed E-state index contributed by atoms with van der Waals surface area (Å²) in [5.41, 5.74) is 1.20. The second-order valence-corrected chi connectivity index (χ2v) is 10.5. The fourth-order valence-corrected chi connectivity index (χ4v) is 6.08. The van der Waals surface area contributed by atoms with Crippen molar-refractivity contribution in [3.05, 3.63) is 35.5 Å². The van der Waals surface area contributed by atoms with Crippen molar-refractivity contribution in [3.63, 3.8) is 0 Å². The topological polar surface area (TPSA) is 144 Å². The van der Waals surface area contributed by atoms with Crippen LogP contribution in [0.5, 0.6) is 0 Å². The van der Waals surface area contributed by atoms with Crippen molar-refractivity contribution < 1.29 is 23.9 Å². The number of para-hydroxylation sites is 1. The van der Waals surface area contributed by atoms with Gasteiger partial charge in [0.15, 0.2) is 0 Å². The number of carbonyl (C=O) groups is 4. The van der Waals surface area contributed by atoms with E-state index in [9.17, 15) is 24.4 Å². The number of piperidine rings is 1. The Morgan fingerprint density at radius 2 is 2.11 bits per heavy atom. The van der Waals surface area contributed by atoms with Gasteiger partial charge in [0.25, 0.3) is 5.91 Å². The molecule has 3 aliphatic rings. The zero-order chi connectivity index (χ0) is 25.8. The Labute approximate surface area is 208 Å². The number of H-pyrrole nitrogens is 1. The van der Waals surface area contributed by atoms with Crippen LogP contribution in [0.3, 0.4) is 0 Å². The molecule has 1 aromatic carbocycles. The van der Waals surface area contributed by atoms with Gasteiger partial charge in [0.2, 0.25) is 11.8 Å². The van der Waals surface area contributed by atoms with Crippen molar-refractivity contribution in [1.82, 2.24) is 20.5 Å². The van der Waals surface area contributed by atoms with Crippen LogP contribution in [0.15, 0.2) is 24.3 Å². The van der Waals surface area contributed by atoms with Gasteiger partial charge in [-0.2, -0.15) is 5.26 Å². The number of aromatic amines is 1. The number of fused-ring (bicyclic) bond motifs is 2. The van der Waals surface area contributed by atoms with Crippen LogP contribution in [0.1, 0.15) is 42.7 Å². The third-order valence-electron chi connectivity index (χ3n) is 8.23. The van der Waals surface area contributed by atoms with Gasteiger partial charge in [0.05, 0.1) is 18.2 Å². The second-order valence-electron chi connectivity index (χ2n) is 10.5. The normalized spacial score (nSPS) is 26.6. The van der Waals surface area contributed by atoms with Crippen molar-refractivity contribution in [1.29, 1.82) is 5.26 Å². The summed E-state index contributed by atoms with van der Waals surface area (Å²) in [6, 6.07) is 7.32. The number of amides is 3. The average molecular weight is 492 g/mol. The maximum Gasteiger partial charge on any atom is 0.328 e. The van der Waals surface area contributed by atoms with Crippen LogP contribution in [-0.4, -0.2) is 65.9 Å². The first-order chi connectivity index (χ1) is 17.2. The number of nitriles is 1. The minimum absolute atomic E-state index is 0.0476. The van der Waals surface area contributed by atoms with Gasteiger partial charge in [-0.1, -0.05) is 26.0 Å². The molecule has 2 saturated heterocycles. The number of nitrogens with zero attached hydrogens (tertiary/aromatic N) is 2. The van der Waals surface area contributed by atoms with Gasteiger partial charge >= 0.3 is 5.97 Å². The number of carbonyl (C=O) groups excluding carboxylic acids is 4. The summed E-state index contributed by atoms with van der Waals surface area (Å²) in [5.74, 6) is -1.80. The average Bonchev–Trinajstić information content (AvgIpc) is 3.38. The Kier molecular flexibility index (Phi) is 5.74. The zero-order valence-electron chi connectivity index (χ0n) is 20.5. The van der Waals surface area contributed by atoms with E-state index in [0.29, 0.717) is 36.3 Å². The summed E-state index contributed by atoms with van der Waals surface area (Å²) >= 11 is 0. The summed E-state index contributed by atoms with van der Waals surface area (Å²) in [4.78, 5) is 56.4. The third kappa shape index (κ3) is 3.79. The van der Waals surface area contributed by atoms with E-state index in [-0.39, 0.29) is 41.4 Å². The van der Waals surface area contributed by atoms with E-state index in [2.05, 4.69) is 35.5 Å². The Hall–Kier alpha value is -3.87. The monoisotopic (exact) mass is 491 g/mol. The van der Waals surface area contributed by atoms with Gasteiger partial charge < -0.3 is 25.3 Å². The molecule has 0 spiro atoms. The van der Waals surface area contributed by atoms with E-state index in [1.165, 1.54) is 7.11 Å². The van der Waals surface area contributed by atoms with Crippen LogP contribution in [0.25, 0.3) is 10.9 Å². The number of methoxy groups -OCH3 is 1. The molecule has 10 heteroatoms. The third-order valence-corrected chi connectivity index (χ3v) is 8.23. The quantitative estimate of drug-likeness (QED) is 0.520. The molecule has 3 N–H and O–H groups in total. The molecule has 3 fully saturated rings. The molecule has 0 radical (unpaired) electrons. The molecule has 10 nitrogen and oxygen atoms in total. The standard InChI is InChI=1S/C26H29N5O5/c1-26(2)16-12-31(24(34)17-9-13-5-4-6-15(11-27)20(13)29-17)21(19(16)26)23(33)30-18(25(35)36-3)10-14-7-8-28-22(14)32/h4-6,9,14,16,18-19,21,29H,7-8,10,12H2,1-3H3,(H,28,32)(H,30,33)/t14-,16-,18-,19-,21-/m0/s1. The largest absolute Gasteiger partial charge is 0.467 e. The number of likely N-dealkylation sites (tertiary alicyclic amines) is 1. The molecule has 2 aliphatic heterocycles. The van der Waals surface area contributed by atoms with Crippen molar-refractivity contribution >= 4 is 34.6 Å². The van der Waals surface area contributed by atoms with E-state index < -0.39 is 24.0 Å². The van der Waals surface area contributed by atoms with Crippen molar-refractivity contribution in [2.45, 2.75) is 38.8 Å². The van der Waals surface area contributed by atoms with E-state index in [1.54, 1.807) is 23.1 Å². The highest BCUT2D eigenvalue weighted by Gasteiger charge is 2.69. The number of ether oxygens (including phenoxy) is 1. The number of aromatic nitrogens is 1. The number of benzene rings is 1. The Balaban J connectivity index is 1.40. The highest BCUT2D eigenvalue weighted by Crippen LogP contribution is 2.65. The molecule has 1 aliphatic carbocycles. The molecular formula is C26H29N5O5. The lowest BCUT2D eigenvalue weighted by Gasteiger charge is -2.31. The minimum atomic E-state index is -0.986. The summed E-state index contributed by atoms with van der Waals surface area (Å²) in [6.45, 7) is 5.11. The van der Waals surface area contributed by atoms with Crippen LogP contribution in [0.2, 0.25) is 0 Å². The molecule has 3 amide bonds. The predicted molar refractivity (Wildman–Crippen MR) is 128 cm³/mol. The number of rotatable bonds is 6. The first-order valence-corrected chi connectivity index (χ1v) is 12.2. The maximum atomic E-state index is 13.6. The molecular weight excluding hydrogens is 462 g/mol. The Bertz CT molecular complexity index is 1310. The lowest BCUT2D eigenvalue weighted by atomic mass is 9.96. The lowest BCUT2D eigenvalue weighted by Crippen LogP contribution is -2.54. The molecule has 188 valence electrons. The van der Waals surface area contributed by atoms with Gasteiger partial charge in [0.1, 0.15) is 23.8 Å². The van der Waals surface area contributed by atoms with Crippen LogP contribution in [0, 0.1) is 34.5 Å². The summed E-state index contributed by atoms with van der Waals surface area (Å²) < 4.78 is 4.90. The van der Waals surface area contributed by atoms with Gasteiger partial charge in [-0.05, 0) is 42.2 Å². The predicted octanol–water partition coefficient (Wildman–Crippen LogP) is 1.32. The number of hydrogen-bond acceptors (Lipinski definition) is 6. The van der Waals surface area contributed by atoms with Crippen LogP contribution >= 0.6 is 0 Å². The smallest absolute Gasteiger partial charge is 0.328 e. The summed E-state index contributed by atoms with van der Waals surface area (Å²) in [5, 5.41) is 15.7. The van der Waals surface area contributed by atoms with E-state index in [4.69, 9.17) is 4.74 Å². The van der Waals surface area contributed by atoms with E-state index >= 15 is 0 Å². The minimum Gasteiger partial charge on any atom is -0.467 e. The van der Waals surface area contributed by atoms with Crippen LogP contribution in [0.4, 0.5) is 0 Å². The van der Waals surface area contributed by atoms with Crippen LogP contribution in [-0.2, 0) is 19.1 Å². The molecule has 1 aromatic heterocycles. The van der Waals surface area contributed by atoms with Crippen molar-refractivity contribution in [3.8, 4) is 6.07 Å². The lowest BCUT2D eigenvalue weighted by molar-refractivity contribution is -0.146. The molecule has 3 heterocycles. The highest BCUT2D eigenvalue weighted by molar-refractivity contribution is 6.02. The fraction of sp³-hybridized carbons (Fsp3) is 0.500. The SMILES string of the molecule is COC(=O)[C@H](C[C@@H]1CCNC1=O)NC(=O)[C@@H]1[C@@H]2[C@H](CN1C(=O)c1cc3cccc(C#N)c3[nH]1)C2(C)C. The number of esters is 1. The van der Waals surface area contributed by atoms with Crippen molar-refractivity contribution in [2.75, 3.05) is 20.2 Å². The molecule has 2 aromatic rings. The molecule has 0 bridgehead atoms.